The SMILES string of the molecule is COc1cc2nn(C3CCC(n4nccn4)CC3)cc2cc1C(=O)Nc1cnc2cccnn12. The first-order valence-corrected chi connectivity index (χ1v) is 11.2. The van der Waals surface area contributed by atoms with Crippen molar-refractivity contribution in [2.24, 2.45) is 0 Å². The number of nitrogens with one attached hydrogen (secondary N) is 1. The molecule has 0 spiro atoms. The third-order valence-electron chi connectivity index (χ3n) is 6.41. The van der Waals surface area contributed by atoms with Crippen LogP contribution in [-0.2, 0) is 0 Å². The molecule has 172 valence electrons. The van der Waals surface area contributed by atoms with Gasteiger partial charge in [0.2, 0.25) is 0 Å². The Morgan fingerprint density at radius 1 is 1.06 bits per heavy atom. The molecule has 4 aromatic heterocycles. The molecule has 1 aromatic carbocycles. The van der Waals surface area contributed by atoms with E-state index >= 15 is 0 Å². The van der Waals surface area contributed by atoms with E-state index in [1.165, 1.54) is 0 Å². The molecule has 0 atom stereocenters. The maximum Gasteiger partial charge on any atom is 0.260 e. The summed E-state index contributed by atoms with van der Waals surface area (Å²) in [5.41, 5.74) is 1.87. The summed E-state index contributed by atoms with van der Waals surface area (Å²) < 4.78 is 9.13. The average molecular weight is 457 g/mol. The second-order valence-corrected chi connectivity index (χ2v) is 8.42. The lowest BCUT2D eigenvalue weighted by molar-refractivity contribution is 0.102. The van der Waals surface area contributed by atoms with Gasteiger partial charge >= 0.3 is 0 Å². The lowest BCUT2D eigenvalue weighted by Gasteiger charge is -2.27. The van der Waals surface area contributed by atoms with Crippen molar-refractivity contribution in [1.29, 1.82) is 0 Å². The van der Waals surface area contributed by atoms with Crippen LogP contribution in [0.2, 0.25) is 0 Å². The molecule has 1 saturated carbocycles. The van der Waals surface area contributed by atoms with Gasteiger partial charge in [-0.25, -0.2) is 4.98 Å². The highest BCUT2D eigenvalue weighted by Crippen LogP contribution is 2.35. The molecule has 5 aromatic rings. The number of fused-ring (bicyclic) bond motifs is 2. The maximum atomic E-state index is 13.1. The number of anilines is 1. The molecule has 1 amide bonds. The molecular weight excluding hydrogens is 434 g/mol. The predicted octanol–water partition coefficient (Wildman–Crippen LogP) is 3.29. The normalized spacial score (nSPS) is 18.4. The Bertz CT molecular complexity index is 1460. The zero-order chi connectivity index (χ0) is 23.1. The highest BCUT2D eigenvalue weighted by Gasteiger charge is 2.26. The van der Waals surface area contributed by atoms with Gasteiger partial charge in [-0.2, -0.15) is 29.7 Å². The molecule has 1 fully saturated rings. The molecule has 34 heavy (non-hydrogen) atoms. The number of hydrogen-bond donors (Lipinski definition) is 1. The molecule has 1 aliphatic rings. The average Bonchev–Trinajstić information content (AvgIpc) is 3.63. The molecule has 11 heteroatoms. The molecule has 6 rings (SSSR count). The van der Waals surface area contributed by atoms with Crippen LogP contribution in [0.15, 0.2) is 55.2 Å². The van der Waals surface area contributed by atoms with Crippen LogP contribution in [0.5, 0.6) is 5.75 Å². The van der Waals surface area contributed by atoms with E-state index < -0.39 is 0 Å². The van der Waals surface area contributed by atoms with Crippen molar-refractivity contribution in [2.45, 2.75) is 37.8 Å². The van der Waals surface area contributed by atoms with E-state index in [4.69, 9.17) is 9.84 Å². The number of aromatic nitrogens is 8. The van der Waals surface area contributed by atoms with Crippen LogP contribution >= 0.6 is 0 Å². The number of rotatable bonds is 5. The highest BCUT2D eigenvalue weighted by atomic mass is 16.5. The van der Waals surface area contributed by atoms with Gasteiger partial charge in [-0.3, -0.25) is 9.48 Å². The van der Waals surface area contributed by atoms with Crippen molar-refractivity contribution in [1.82, 2.24) is 39.4 Å². The Balaban J connectivity index is 1.25. The summed E-state index contributed by atoms with van der Waals surface area (Å²) in [6.45, 7) is 0. The van der Waals surface area contributed by atoms with Gasteiger partial charge in [0.25, 0.3) is 5.91 Å². The monoisotopic (exact) mass is 457 g/mol. The van der Waals surface area contributed by atoms with Crippen LogP contribution < -0.4 is 10.1 Å². The molecule has 0 saturated heterocycles. The summed E-state index contributed by atoms with van der Waals surface area (Å²) in [6.07, 6.45) is 12.7. The fraction of sp³-hybridized carbons (Fsp3) is 0.304. The van der Waals surface area contributed by atoms with Crippen molar-refractivity contribution in [3.8, 4) is 5.75 Å². The van der Waals surface area contributed by atoms with Crippen LogP contribution in [-0.4, -0.2) is 52.4 Å². The van der Waals surface area contributed by atoms with E-state index in [1.807, 2.05) is 33.9 Å². The number of ether oxygens (including phenoxy) is 1. The quantitative estimate of drug-likeness (QED) is 0.430. The Kier molecular flexibility index (Phi) is 4.93. The molecular formula is C23H23N9O2. The Morgan fingerprint density at radius 2 is 1.85 bits per heavy atom. The van der Waals surface area contributed by atoms with Crippen molar-refractivity contribution >= 4 is 28.3 Å². The first-order valence-electron chi connectivity index (χ1n) is 11.2. The highest BCUT2D eigenvalue weighted by molar-refractivity contribution is 6.08. The number of carbonyl (C=O) groups is 1. The molecule has 1 N–H and O–H groups in total. The largest absolute Gasteiger partial charge is 0.496 e. The topological polar surface area (TPSA) is 117 Å². The Labute approximate surface area is 194 Å². The Hall–Kier alpha value is -4.28. The molecule has 11 nitrogen and oxygen atoms in total. The number of imidazole rings is 1. The first kappa shape index (κ1) is 20.3. The van der Waals surface area contributed by atoms with Crippen molar-refractivity contribution in [3.63, 3.8) is 0 Å². The fourth-order valence-corrected chi connectivity index (χ4v) is 4.67. The second-order valence-electron chi connectivity index (χ2n) is 8.42. The van der Waals surface area contributed by atoms with Crippen LogP contribution in [0.25, 0.3) is 16.6 Å². The molecule has 0 radical (unpaired) electrons. The lowest BCUT2D eigenvalue weighted by Crippen LogP contribution is -2.22. The van der Waals surface area contributed by atoms with E-state index in [1.54, 1.807) is 42.5 Å². The minimum atomic E-state index is -0.300. The van der Waals surface area contributed by atoms with Crippen LogP contribution in [0.1, 0.15) is 48.1 Å². The van der Waals surface area contributed by atoms with Crippen molar-refractivity contribution < 1.29 is 9.53 Å². The van der Waals surface area contributed by atoms with Gasteiger partial charge in [0, 0.05) is 23.8 Å². The van der Waals surface area contributed by atoms with Crippen LogP contribution in [0.4, 0.5) is 5.82 Å². The number of carbonyl (C=O) groups excluding carboxylic acids is 1. The van der Waals surface area contributed by atoms with Crippen molar-refractivity contribution in [2.75, 3.05) is 12.4 Å². The maximum absolute atomic E-state index is 13.1. The van der Waals surface area contributed by atoms with Gasteiger partial charge in [-0.05, 0) is 43.9 Å². The summed E-state index contributed by atoms with van der Waals surface area (Å²) in [4.78, 5) is 19.2. The second kappa shape index (κ2) is 8.25. The van der Waals surface area contributed by atoms with Gasteiger partial charge in [0.15, 0.2) is 11.5 Å². The fourth-order valence-electron chi connectivity index (χ4n) is 4.67. The van der Waals surface area contributed by atoms with Crippen LogP contribution in [0, 0.1) is 0 Å². The summed E-state index contributed by atoms with van der Waals surface area (Å²) in [5.74, 6) is 0.651. The number of amides is 1. The van der Waals surface area contributed by atoms with Crippen LogP contribution in [0.3, 0.4) is 0 Å². The van der Waals surface area contributed by atoms with Crippen molar-refractivity contribution in [3.05, 3.63) is 60.8 Å². The molecule has 0 unspecified atom stereocenters. The third kappa shape index (κ3) is 3.54. The van der Waals surface area contributed by atoms with Gasteiger partial charge in [-0.1, -0.05) is 0 Å². The van der Waals surface area contributed by atoms with E-state index in [9.17, 15) is 4.79 Å². The Morgan fingerprint density at radius 3 is 2.65 bits per heavy atom. The predicted molar refractivity (Wildman–Crippen MR) is 124 cm³/mol. The number of hydrogen-bond acceptors (Lipinski definition) is 7. The number of methoxy groups -OCH3 is 1. The molecule has 0 aliphatic heterocycles. The van der Waals surface area contributed by atoms with Gasteiger partial charge in [0.05, 0.1) is 48.9 Å². The lowest BCUT2D eigenvalue weighted by atomic mass is 9.91. The van der Waals surface area contributed by atoms with E-state index in [-0.39, 0.29) is 5.91 Å². The van der Waals surface area contributed by atoms with E-state index in [0.29, 0.717) is 34.9 Å². The summed E-state index contributed by atoms with van der Waals surface area (Å²) in [7, 11) is 1.55. The zero-order valence-corrected chi connectivity index (χ0v) is 18.6. The van der Waals surface area contributed by atoms with Gasteiger partial charge in [0.1, 0.15) is 5.75 Å². The summed E-state index contributed by atoms with van der Waals surface area (Å²) >= 11 is 0. The molecule has 1 aliphatic carbocycles. The van der Waals surface area contributed by atoms with E-state index in [0.717, 1.165) is 36.6 Å². The number of nitrogens with zero attached hydrogens (tertiary/aromatic N) is 8. The van der Waals surface area contributed by atoms with Gasteiger partial charge in [-0.15, -0.1) is 0 Å². The number of benzene rings is 1. The minimum absolute atomic E-state index is 0.298. The van der Waals surface area contributed by atoms with Gasteiger partial charge < -0.3 is 10.1 Å². The standard InChI is InChI=1S/C23H23N9O2/c1-34-20-12-19-15(11-18(20)23(33)28-22-13-24-21-3-2-8-25-31(21)22)14-30(29-19)16-4-6-17(7-5-16)32-26-9-10-27-32/h2-3,8-14,16-17H,4-7H2,1H3,(H,28,33). The zero-order valence-electron chi connectivity index (χ0n) is 18.6. The minimum Gasteiger partial charge on any atom is -0.496 e. The summed E-state index contributed by atoms with van der Waals surface area (Å²) in [5, 5.41) is 21.4. The third-order valence-corrected chi connectivity index (χ3v) is 6.41. The molecule has 4 heterocycles. The van der Waals surface area contributed by atoms with E-state index in [2.05, 4.69) is 25.6 Å². The molecule has 0 bridgehead atoms. The summed E-state index contributed by atoms with van der Waals surface area (Å²) in [6, 6.07) is 7.88. The first-order chi connectivity index (χ1) is 16.7. The smallest absolute Gasteiger partial charge is 0.260 e.